The smallest absolute Gasteiger partial charge is 0.413 e. The Hall–Kier alpha value is -1.62. The average Bonchev–Trinajstić information content (AvgIpc) is 2.58. The summed E-state index contributed by atoms with van der Waals surface area (Å²) in [6.45, 7) is 0. The summed E-state index contributed by atoms with van der Waals surface area (Å²) < 4.78 is 128. The van der Waals surface area contributed by atoms with Gasteiger partial charge in [0.1, 0.15) is 0 Å². The van der Waals surface area contributed by atoms with Gasteiger partial charge in [-0.2, -0.15) is 43.9 Å². The van der Waals surface area contributed by atoms with Gasteiger partial charge < -0.3 is 9.47 Å². The molecule has 0 atom stereocenters. The fourth-order valence-corrected chi connectivity index (χ4v) is 0.867. The zero-order valence-corrected chi connectivity index (χ0v) is 8.10. The van der Waals surface area contributed by atoms with Gasteiger partial charge >= 0.3 is 36.1 Å². The molecule has 0 saturated heterocycles. The zero-order chi connectivity index (χ0) is 15.2. The molecule has 1 heterocycles. The largest absolute Gasteiger partial charge is 0.460 e. The normalized spacial score (nSPS) is 17.5. The molecule has 0 aromatic carbocycles. The van der Waals surface area contributed by atoms with Crippen molar-refractivity contribution in [1.29, 1.82) is 0 Å². The van der Waals surface area contributed by atoms with Crippen molar-refractivity contribution < 1.29 is 53.4 Å². The molecular formula is C7F10O2. The van der Waals surface area contributed by atoms with Gasteiger partial charge in [-0.1, -0.05) is 0 Å². The highest BCUT2D eigenvalue weighted by Gasteiger charge is 2.77. The highest BCUT2D eigenvalue weighted by Crippen LogP contribution is 2.52. The number of hydrogen-bond acceptors (Lipinski definition) is 2. The molecule has 0 amide bonds. The molecular weight excluding hydrogens is 306 g/mol. The van der Waals surface area contributed by atoms with Crippen molar-refractivity contribution in [1.82, 2.24) is 0 Å². The summed E-state index contributed by atoms with van der Waals surface area (Å²) in [7, 11) is 0. The van der Waals surface area contributed by atoms with Crippen molar-refractivity contribution in [3.05, 3.63) is 23.8 Å². The minimum Gasteiger partial charge on any atom is -0.413 e. The predicted molar refractivity (Wildman–Crippen MR) is 35.5 cm³/mol. The fraction of sp³-hybridized carbons (Fsp3) is 0.429. The van der Waals surface area contributed by atoms with E-state index in [0.717, 1.165) is 0 Å². The van der Waals surface area contributed by atoms with Crippen LogP contribution < -0.4 is 0 Å². The van der Waals surface area contributed by atoms with Crippen molar-refractivity contribution in [2.75, 3.05) is 0 Å². The van der Waals surface area contributed by atoms with E-state index in [4.69, 9.17) is 0 Å². The van der Waals surface area contributed by atoms with Gasteiger partial charge in [-0.05, 0) is 0 Å². The van der Waals surface area contributed by atoms with Crippen LogP contribution in [0.15, 0.2) is 23.8 Å². The van der Waals surface area contributed by atoms with E-state index in [9.17, 15) is 43.9 Å². The monoisotopic (exact) mass is 306 g/mol. The van der Waals surface area contributed by atoms with E-state index in [-0.39, 0.29) is 0 Å². The van der Waals surface area contributed by atoms with Gasteiger partial charge in [0.2, 0.25) is 0 Å². The van der Waals surface area contributed by atoms with Crippen LogP contribution in [0, 0.1) is 0 Å². The Morgan fingerprint density at radius 3 is 1.63 bits per heavy atom. The van der Waals surface area contributed by atoms with Gasteiger partial charge in [0.05, 0.1) is 0 Å². The summed E-state index contributed by atoms with van der Waals surface area (Å²) in [5.41, 5.74) is 0. The fourth-order valence-electron chi connectivity index (χ4n) is 0.867. The third-order valence-corrected chi connectivity index (χ3v) is 1.75. The lowest BCUT2D eigenvalue weighted by molar-refractivity contribution is -0.349. The van der Waals surface area contributed by atoms with Gasteiger partial charge in [0.15, 0.2) is 0 Å². The summed E-state index contributed by atoms with van der Waals surface area (Å²) in [5.74, 6) is -18.3. The molecule has 0 unspecified atom stereocenters. The number of halogens is 10. The van der Waals surface area contributed by atoms with Gasteiger partial charge in [-0.25, -0.2) is 0 Å². The lowest BCUT2D eigenvalue weighted by Gasteiger charge is -2.27. The lowest BCUT2D eigenvalue weighted by atomic mass is 10.1. The molecule has 0 aromatic heterocycles. The van der Waals surface area contributed by atoms with E-state index in [1.54, 1.807) is 0 Å². The number of rotatable bonds is 2. The van der Waals surface area contributed by atoms with Gasteiger partial charge in [0, 0.05) is 0 Å². The van der Waals surface area contributed by atoms with E-state index in [1.165, 1.54) is 0 Å². The maximum Gasteiger partial charge on any atom is 0.460 e. The third kappa shape index (κ3) is 2.30. The molecule has 0 aliphatic carbocycles. The van der Waals surface area contributed by atoms with Crippen molar-refractivity contribution in [2.24, 2.45) is 0 Å². The molecule has 110 valence electrons. The molecule has 0 bridgehead atoms. The second kappa shape index (κ2) is 4.20. The molecule has 0 fully saturated rings. The SMILES string of the molecule is FC(F)=C1OC(F)=C(C(F)(F)C(F)(F)C(F)(F)F)O1. The maximum absolute atomic E-state index is 12.8. The average molecular weight is 306 g/mol. The summed E-state index contributed by atoms with van der Waals surface area (Å²) in [6.07, 6.45) is -9.80. The summed E-state index contributed by atoms with van der Waals surface area (Å²) in [5, 5.41) is 0. The summed E-state index contributed by atoms with van der Waals surface area (Å²) in [4.78, 5) is 0. The first-order valence-electron chi connectivity index (χ1n) is 3.96. The van der Waals surface area contributed by atoms with Crippen LogP contribution >= 0.6 is 0 Å². The van der Waals surface area contributed by atoms with Crippen molar-refractivity contribution in [2.45, 2.75) is 18.0 Å². The predicted octanol–water partition coefficient (Wildman–Crippen LogP) is 4.07. The van der Waals surface area contributed by atoms with E-state index < -0.39 is 41.8 Å². The molecule has 0 spiro atoms. The van der Waals surface area contributed by atoms with Crippen LogP contribution in [0.4, 0.5) is 43.9 Å². The van der Waals surface area contributed by atoms with Crippen LogP contribution in [0.1, 0.15) is 0 Å². The van der Waals surface area contributed by atoms with E-state index in [0.29, 0.717) is 0 Å². The molecule has 12 heteroatoms. The topological polar surface area (TPSA) is 18.5 Å². The number of ether oxygens (including phenoxy) is 2. The van der Waals surface area contributed by atoms with Gasteiger partial charge in [0.25, 0.3) is 5.76 Å². The first-order valence-corrected chi connectivity index (χ1v) is 3.96. The maximum atomic E-state index is 12.8. The van der Waals surface area contributed by atoms with Crippen LogP contribution in [0.2, 0.25) is 0 Å². The molecule has 0 saturated carbocycles. The second-order valence-electron chi connectivity index (χ2n) is 3.00. The van der Waals surface area contributed by atoms with E-state index in [1.807, 2.05) is 0 Å². The minimum atomic E-state index is -6.77. The van der Waals surface area contributed by atoms with Gasteiger partial charge in [-0.15, -0.1) is 0 Å². The molecule has 2 nitrogen and oxygen atoms in total. The highest BCUT2D eigenvalue weighted by molar-refractivity contribution is 5.20. The minimum absolute atomic E-state index is 2.25. The molecule has 0 N–H and O–H groups in total. The van der Waals surface area contributed by atoms with Crippen LogP contribution in [0.5, 0.6) is 0 Å². The van der Waals surface area contributed by atoms with Crippen LogP contribution in [-0.2, 0) is 9.47 Å². The summed E-state index contributed by atoms with van der Waals surface area (Å²) in [6, 6.07) is -2.82. The molecule has 1 aliphatic rings. The van der Waals surface area contributed by atoms with Crippen molar-refractivity contribution in [3.63, 3.8) is 0 Å². The molecule has 0 radical (unpaired) electrons. The number of hydrogen-bond donors (Lipinski definition) is 0. The number of allylic oxidation sites excluding steroid dienone is 1. The summed E-state index contributed by atoms with van der Waals surface area (Å²) >= 11 is 0. The zero-order valence-electron chi connectivity index (χ0n) is 8.10. The van der Waals surface area contributed by atoms with Crippen LogP contribution in [0.3, 0.4) is 0 Å². The van der Waals surface area contributed by atoms with E-state index in [2.05, 4.69) is 9.47 Å². The second-order valence-corrected chi connectivity index (χ2v) is 3.00. The highest BCUT2D eigenvalue weighted by atomic mass is 19.4. The molecule has 0 aromatic rings. The Balaban J connectivity index is 3.23. The standard InChI is InChI=1S/C7F10O2/c8-2(9)4-18-1(3(10)19-4)5(11,12)6(13,14)7(15,16)17. The van der Waals surface area contributed by atoms with Crippen LogP contribution in [-0.4, -0.2) is 18.0 Å². The van der Waals surface area contributed by atoms with Crippen molar-refractivity contribution >= 4 is 0 Å². The Labute approximate surface area is 96.4 Å². The van der Waals surface area contributed by atoms with E-state index >= 15 is 0 Å². The first kappa shape index (κ1) is 15.4. The first-order chi connectivity index (χ1) is 8.32. The Bertz CT molecular complexity index is 441. The Morgan fingerprint density at radius 2 is 1.32 bits per heavy atom. The Kier molecular flexibility index (Phi) is 3.41. The Morgan fingerprint density at radius 1 is 0.842 bits per heavy atom. The lowest BCUT2D eigenvalue weighted by Crippen LogP contribution is -2.53. The quantitative estimate of drug-likeness (QED) is 0.716. The van der Waals surface area contributed by atoms with Crippen molar-refractivity contribution in [3.8, 4) is 0 Å². The third-order valence-electron chi connectivity index (χ3n) is 1.75. The molecule has 19 heavy (non-hydrogen) atoms. The van der Waals surface area contributed by atoms with Crippen LogP contribution in [0.25, 0.3) is 0 Å². The van der Waals surface area contributed by atoms with Gasteiger partial charge in [-0.3, -0.25) is 0 Å². The number of alkyl halides is 7. The molecule has 1 aliphatic heterocycles. The molecule has 1 rings (SSSR count).